The maximum atomic E-state index is 10.6. The average molecular weight is 257 g/mol. The summed E-state index contributed by atoms with van der Waals surface area (Å²) in [5.41, 5.74) is 7.56. The molecule has 0 heterocycles. The van der Waals surface area contributed by atoms with Gasteiger partial charge in [0.1, 0.15) is 18.4 Å². The average Bonchev–Trinajstić information content (AvgIpc) is 2.46. The number of carboxylic acid groups (broad SMARTS) is 1. The van der Waals surface area contributed by atoms with Gasteiger partial charge in [0.2, 0.25) is 0 Å². The van der Waals surface area contributed by atoms with E-state index in [4.69, 9.17) is 15.6 Å². The van der Waals surface area contributed by atoms with E-state index in [2.05, 4.69) is 0 Å². The van der Waals surface area contributed by atoms with Crippen LogP contribution in [0.15, 0.2) is 54.6 Å². The van der Waals surface area contributed by atoms with Gasteiger partial charge in [-0.2, -0.15) is 0 Å². The fourth-order valence-electron chi connectivity index (χ4n) is 1.63. The number of aliphatic carboxylic acids is 1. The van der Waals surface area contributed by atoms with E-state index >= 15 is 0 Å². The number of benzene rings is 2. The number of carbonyl (C=O) groups is 1. The minimum absolute atomic E-state index is 0.0416. The largest absolute Gasteiger partial charge is 0.491 e. The molecule has 0 radical (unpaired) electrons. The molecule has 1 atom stereocenters. The molecule has 2 aromatic rings. The van der Waals surface area contributed by atoms with E-state index in [9.17, 15) is 4.79 Å². The van der Waals surface area contributed by atoms with Gasteiger partial charge >= 0.3 is 5.97 Å². The van der Waals surface area contributed by atoms with Crippen LogP contribution in [-0.2, 0) is 4.79 Å². The molecule has 0 aliphatic carbocycles. The Morgan fingerprint density at radius 1 is 1.05 bits per heavy atom. The molecule has 1 unspecified atom stereocenters. The van der Waals surface area contributed by atoms with Crippen molar-refractivity contribution in [3.8, 4) is 16.9 Å². The summed E-state index contributed by atoms with van der Waals surface area (Å²) in [5, 5.41) is 8.65. The van der Waals surface area contributed by atoms with Crippen molar-refractivity contribution in [2.24, 2.45) is 5.73 Å². The molecule has 0 bridgehead atoms. The van der Waals surface area contributed by atoms with Crippen LogP contribution >= 0.6 is 0 Å². The molecule has 4 nitrogen and oxygen atoms in total. The summed E-state index contributed by atoms with van der Waals surface area (Å²) in [6.45, 7) is -0.0416. The van der Waals surface area contributed by atoms with Gasteiger partial charge in [-0.1, -0.05) is 42.5 Å². The lowest BCUT2D eigenvalue weighted by Crippen LogP contribution is -2.36. The maximum absolute atomic E-state index is 10.6. The molecule has 98 valence electrons. The third kappa shape index (κ3) is 3.56. The third-order valence-corrected chi connectivity index (χ3v) is 2.71. The Balaban J connectivity index is 2.01. The van der Waals surface area contributed by atoms with Crippen LogP contribution in [0.1, 0.15) is 0 Å². The van der Waals surface area contributed by atoms with E-state index in [0.717, 1.165) is 11.1 Å². The Morgan fingerprint density at radius 2 is 1.63 bits per heavy atom. The van der Waals surface area contributed by atoms with E-state index in [0.29, 0.717) is 5.75 Å². The summed E-state index contributed by atoms with van der Waals surface area (Å²) in [6.07, 6.45) is 0. The number of nitrogens with two attached hydrogens (primary N) is 1. The van der Waals surface area contributed by atoms with Gasteiger partial charge in [0.25, 0.3) is 0 Å². The molecular weight excluding hydrogens is 242 g/mol. The molecule has 0 saturated heterocycles. The molecule has 0 aromatic heterocycles. The lowest BCUT2D eigenvalue weighted by molar-refractivity contribution is -0.139. The van der Waals surface area contributed by atoms with Crippen LogP contribution in [0, 0.1) is 0 Å². The van der Waals surface area contributed by atoms with Gasteiger partial charge in [0, 0.05) is 0 Å². The van der Waals surface area contributed by atoms with Gasteiger partial charge in [0.05, 0.1) is 0 Å². The summed E-state index contributed by atoms with van der Waals surface area (Å²) in [7, 11) is 0. The first-order valence-corrected chi connectivity index (χ1v) is 5.93. The Hall–Kier alpha value is -2.33. The Bertz CT molecular complexity index is 537. The van der Waals surface area contributed by atoms with Crippen molar-refractivity contribution in [3.63, 3.8) is 0 Å². The quantitative estimate of drug-likeness (QED) is 0.860. The van der Waals surface area contributed by atoms with Gasteiger partial charge < -0.3 is 15.6 Å². The first-order valence-electron chi connectivity index (χ1n) is 5.93. The predicted molar refractivity (Wildman–Crippen MR) is 73.0 cm³/mol. The second-order valence-electron chi connectivity index (χ2n) is 4.15. The minimum atomic E-state index is -1.07. The highest BCUT2D eigenvalue weighted by atomic mass is 16.5. The molecule has 0 saturated carbocycles. The van der Waals surface area contributed by atoms with Crippen molar-refractivity contribution in [2.75, 3.05) is 6.61 Å². The van der Waals surface area contributed by atoms with Crippen molar-refractivity contribution in [1.82, 2.24) is 0 Å². The molecule has 0 amide bonds. The summed E-state index contributed by atoms with van der Waals surface area (Å²) in [5.74, 6) is -0.461. The SMILES string of the molecule is NC(COc1ccc(-c2ccccc2)cc1)C(=O)O. The topological polar surface area (TPSA) is 72.5 Å². The third-order valence-electron chi connectivity index (χ3n) is 2.71. The van der Waals surface area contributed by atoms with Crippen LogP contribution in [0.5, 0.6) is 5.75 Å². The molecule has 0 fully saturated rings. The van der Waals surface area contributed by atoms with Gasteiger partial charge in [-0.3, -0.25) is 4.79 Å². The lowest BCUT2D eigenvalue weighted by atomic mass is 10.1. The summed E-state index contributed by atoms with van der Waals surface area (Å²) in [6, 6.07) is 16.4. The van der Waals surface area contributed by atoms with Gasteiger partial charge in [-0.05, 0) is 23.3 Å². The van der Waals surface area contributed by atoms with Crippen LogP contribution in [0.25, 0.3) is 11.1 Å². The molecule has 3 N–H and O–H groups in total. The molecule has 0 aliphatic heterocycles. The fraction of sp³-hybridized carbons (Fsp3) is 0.133. The first-order chi connectivity index (χ1) is 9.16. The highest BCUT2D eigenvalue weighted by molar-refractivity contribution is 5.73. The van der Waals surface area contributed by atoms with Crippen molar-refractivity contribution in [1.29, 1.82) is 0 Å². The summed E-state index contributed by atoms with van der Waals surface area (Å²) >= 11 is 0. The zero-order chi connectivity index (χ0) is 13.7. The summed E-state index contributed by atoms with van der Waals surface area (Å²) in [4.78, 5) is 10.6. The lowest BCUT2D eigenvalue weighted by Gasteiger charge is -2.10. The second kappa shape index (κ2) is 6.02. The molecule has 0 spiro atoms. The number of hydrogen-bond donors (Lipinski definition) is 2. The van der Waals surface area contributed by atoms with Crippen LogP contribution in [0.2, 0.25) is 0 Å². The Kier molecular flexibility index (Phi) is 4.15. The van der Waals surface area contributed by atoms with E-state index in [1.54, 1.807) is 12.1 Å². The molecule has 2 rings (SSSR count). The van der Waals surface area contributed by atoms with Crippen molar-refractivity contribution < 1.29 is 14.6 Å². The predicted octanol–water partition coefficient (Wildman–Crippen LogP) is 2.14. The molecule has 2 aromatic carbocycles. The first kappa shape index (κ1) is 13.1. The van der Waals surface area contributed by atoms with Crippen LogP contribution in [-0.4, -0.2) is 23.7 Å². The van der Waals surface area contributed by atoms with Crippen molar-refractivity contribution in [3.05, 3.63) is 54.6 Å². The van der Waals surface area contributed by atoms with Gasteiger partial charge in [-0.15, -0.1) is 0 Å². The number of rotatable bonds is 5. The Labute approximate surface area is 111 Å². The standard InChI is InChI=1S/C15H15NO3/c16-14(15(17)18)10-19-13-8-6-12(7-9-13)11-4-2-1-3-5-11/h1-9,14H,10,16H2,(H,17,18). The van der Waals surface area contributed by atoms with E-state index in [1.807, 2.05) is 42.5 Å². The molecule has 4 heteroatoms. The van der Waals surface area contributed by atoms with Crippen LogP contribution in [0.3, 0.4) is 0 Å². The zero-order valence-electron chi connectivity index (χ0n) is 10.3. The zero-order valence-corrected chi connectivity index (χ0v) is 10.3. The van der Waals surface area contributed by atoms with E-state index in [1.165, 1.54) is 0 Å². The van der Waals surface area contributed by atoms with Crippen LogP contribution in [0.4, 0.5) is 0 Å². The monoisotopic (exact) mass is 257 g/mol. The highest BCUT2D eigenvalue weighted by Gasteiger charge is 2.11. The smallest absolute Gasteiger partial charge is 0.324 e. The number of hydrogen-bond acceptors (Lipinski definition) is 3. The maximum Gasteiger partial charge on any atom is 0.324 e. The fourth-order valence-corrected chi connectivity index (χ4v) is 1.63. The Morgan fingerprint density at radius 3 is 2.21 bits per heavy atom. The van der Waals surface area contributed by atoms with Crippen LogP contribution < -0.4 is 10.5 Å². The van der Waals surface area contributed by atoms with Crippen molar-refractivity contribution >= 4 is 5.97 Å². The van der Waals surface area contributed by atoms with Gasteiger partial charge in [0.15, 0.2) is 0 Å². The van der Waals surface area contributed by atoms with Gasteiger partial charge in [-0.25, -0.2) is 0 Å². The molecule has 19 heavy (non-hydrogen) atoms. The van der Waals surface area contributed by atoms with Crippen molar-refractivity contribution in [2.45, 2.75) is 6.04 Å². The van der Waals surface area contributed by atoms with E-state index in [-0.39, 0.29) is 6.61 Å². The normalized spacial score (nSPS) is 11.8. The second-order valence-corrected chi connectivity index (χ2v) is 4.15. The number of carboxylic acids is 1. The van der Waals surface area contributed by atoms with E-state index < -0.39 is 12.0 Å². The minimum Gasteiger partial charge on any atom is -0.491 e. The summed E-state index contributed by atoms with van der Waals surface area (Å²) < 4.78 is 5.31. The molecule has 0 aliphatic rings. The number of ether oxygens (including phenoxy) is 1. The molecular formula is C15H15NO3. The highest BCUT2D eigenvalue weighted by Crippen LogP contribution is 2.21.